The topological polar surface area (TPSA) is 52.7 Å². The third-order valence-corrected chi connectivity index (χ3v) is 5.43. The SMILES string of the molecule is C[C@H]1CN(C(=O)C2CCN(C(=O)c3ccc(Br)cc3)CC2)CCN1. The van der Waals surface area contributed by atoms with Gasteiger partial charge in [-0.3, -0.25) is 9.59 Å². The molecule has 1 aromatic carbocycles. The molecule has 2 fully saturated rings. The summed E-state index contributed by atoms with van der Waals surface area (Å²) in [6, 6.07) is 7.81. The van der Waals surface area contributed by atoms with Crippen LogP contribution in [0.25, 0.3) is 0 Å². The van der Waals surface area contributed by atoms with Crippen molar-refractivity contribution in [2.24, 2.45) is 5.92 Å². The third kappa shape index (κ3) is 3.98. The van der Waals surface area contributed by atoms with Gasteiger partial charge in [0.2, 0.25) is 5.91 Å². The second kappa shape index (κ2) is 7.66. The molecule has 0 spiro atoms. The summed E-state index contributed by atoms with van der Waals surface area (Å²) in [7, 11) is 0. The van der Waals surface area contributed by atoms with Gasteiger partial charge in [-0.1, -0.05) is 15.9 Å². The molecular formula is C18H24BrN3O2. The van der Waals surface area contributed by atoms with Crippen LogP contribution in [0.2, 0.25) is 0 Å². The van der Waals surface area contributed by atoms with Gasteiger partial charge in [0.25, 0.3) is 5.91 Å². The van der Waals surface area contributed by atoms with Crippen molar-refractivity contribution in [3.05, 3.63) is 34.3 Å². The fourth-order valence-corrected chi connectivity index (χ4v) is 3.76. The molecule has 0 bridgehead atoms. The van der Waals surface area contributed by atoms with Crippen LogP contribution in [0, 0.1) is 5.92 Å². The van der Waals surface area contributed by atoms with Crippen LogP contribution in [0.3, 0.4) is 0 Å². The first-order valence-electron chi connectivity index (χ1n) is 8.61. The van der Waals surface area contributed by atoms with Crippen LogP contribution < -0.4 is 5.32 Å². The van der Waals surface area contributed by atoms with Crippen molar-refractivity contribution in [2.45, 2.75) is 25.8 Å². The predicted molar refractivity (Wildman–Crippen MR) is 96.8 cm³/mol. The van der Waals surface area contributed by atoms with Gasteiger partial charge in [-0.15, -0.1) is 0 Å². The molecule has 0 unspecified atom stereocenters. The number of carbonyl (C=O) groups excluding carboxylic acids is 2. The molecule has 130 valence electrons. The second-order valence-electron chi connectivity index (χ2n) is 6.71. The van der Waals surface area contributed by atoms with Crippen LogP contribution in [-0.4, -0.2) is 60.4 Å². The number of piperazine rings is 1. The van der Waals surface area contributed by atoms with E-state index >= 15 is 0 Å². The first-order chi connectivity index (χ1) is 11.5. The first-order valence-corrected chi connectivity index (χ1v) is 9.41. The lowest BCUT2D eigenvalue weighted by atomic mass is 9.94. The van der Waals surface area contributed by atoms with Crippen molar-refractivity contribution >= 4 is 27.7 Å². The summed E-state index contributed by atoms with van der Waals surface area (Å²) in [6.07, 6.45) is 1.53. The molecule has 0 saturated carbocycles. The van der Waals surface area contributed by atoms with Gasteiger partial charge >= 0.3 is 0 Å². The van der Waals surface area contributed by atoms with Crippen LogP contribution in [0.15, 0.2) is 28.7 Å². The van der Waals surface area contributed by atoms with Crippen molar-refractivity contribution in [2.75, 3.05) is 32.7 Å². The molecule has 6 heteroatoms. The Bertz CT molecular complexity index is 597. The molecule has 2 aliphatic heterocycles. The second-order valence-corrected chi connectivity index (χ2v) is 7.63. The van der Waals surface area contributed by atoms with Gasteiger partial charge in [0.1, 0.15) is 0 Å². The zero-order chi connectivity index (χ0) is 17.1. The molecule has 1 aromatic rings. The Morgan fingerprint density at radius 3 is 2.38 bits per heavy atom. The van der Waals surface area contributed by atoms with E-state index in [0.29, 0.717) is 24.7 Å². The van der Waals surface area contributed by atoms with Crippen molar-refractivity contribution in [3.63, 3.8) is 0 Å². The highest BCUT2D eigenvalue weighted by atomic mass is 79.9. The van der Waals surface area contributed by atoms with Gasteiger partial charge in [0, 0.05) is 54.7 Å². The average molecular weight is 394 g/mol. The lowest BCUT2D eigenvalue weighted by Gasteiger charge is -2.37. The van der Waals surface area contributed by atoms with Crippen LogP contribution in [0.1, 0.15) is 30.1 Å². The monoisotopic (exact) mass is 393 g/mol. The number of hydrogen-bond acceptors (Lipinski definition) is 3. The van der Waals surface area contributed by atoms with Gasteiger partial charge in [0.05, 0.1) is 0 Å². The highest BCUT2D eigenvalue weighted by Gasteiger charge is 2.31. The van der Waals surface area contributed by atoms with E-state index in [2.05, 4.69) is 28.2 Å². The molecule has 0 radical (unpaired) electrons. The summed E-state index contributed by atoms with van der Waals surface area (Å²) in [6.45, 7) is 5.88. The third-order valence-electron chi connectivity index (χ3n) is 4.90. The van der Waals surface area contributed by atoms with E-state index in [-0.39, 0.29) is 17.7 Å². The molecule has 2 saturated heterocycles. The Kier molecular flexibility index (Phi) is 5.56. The van der Waals surface area contributed by atoms with E-state index in [0.717, 1.165) is 36.9 Å². The molecule has 5 nitrogen and oxygen atoms in total. The molecule has 2 heterocycles. The molecule has 3 rings (SSSR count). The van der Waals surface area contributed by atoms with Gasteiger partial charge < -0.3 is 15.1 Å². The van der Waals surface area contributed by atoms with E-state index < -0.39 is 0 Å². The maximum Gasteiger partial charge on any atom is 0.253 e. The normalized spacial score (nSPS) is 22.5. The Morgan fingerprint density at radius 1 is 1.08 bits per heavy atom. The van der Waals surface area contributed by atoms with Crippen molar-refractivity contribution in [1.29, 1.82) is 0 Å². The number of rotatable bonds is 2. The van der Waals surface area contributed by atoms with Gasteiger partial charge in [0.15, 0.2) is 0 Å². The minimum absolute atomic E-state index is 0.0594. The molecule has 0 aliphatic carbocycles. The molecule has 0 aromatic heterocycles. The number of hydrogen-bond donors (Lipinski definition) is 1. The number of likely N-dealkylation sites (tertiary alicyclic amines) is 1. The highest BCUT2D eigenvalue weighted by Crippen LogP contribution is 2.22. The molecule has 24 heavy (non-hydrogen) atoms. The summed E-state index contributed by atoms with van der Waals surface area (Å²) >= 11 is 3.38. The van der Waals surface area contributed by atoms with Gasteiger partial charge in [-0.25, -0.2) is 0 Å². The van der Waals surface area contributed by atoms with Gasteiger partial charge in [-0.2, -0.15) is 0 Å². The number of benzene rings is 1. The van der Waals surface area contributed by atoms with E-state index in [9.17, 15) is 9.59 Å². The van der Waals surface area contributed by atoms with E-state index in [1.54, 1.807) is 0 Å². The predicted octanol–water partition coefficient (Wildman–Crippen LogP) is 2.12. The van der Waals surface area contributed by atoms with E-state index in [1.807, 2.05) is 34.1 Å². The zero-order valence-electron chi connectivity index (χ0n) is 14.0. The van der Waals surface area contributed by atoms with Crippen LogP contribution in [0.5, 0.6) is 0 Å². The van der Waals surface area contributed by atoms with Crippen LogP contribution in [0.4, 0.5) is 0 Å². The number of piperidine rings is 1. The smallest absolute Gasteiger partial charge is 0.253 e. The van der Waals surface area contributed by atoms with E-state index in [4.69, 9.17) is 0 Å². The average Bonchev–Trinajstić information content (AvgIpc) is 2.61. The Hall–Kier alpha value is -1.40. The maximum atomic E-state index is 12.7. The lowest BCUT2D eigenvalue weighted by molar-refractivity contribution is -0.138. The summed E-state index contributed by atoms with van der Waals surface area (Å²) in [5.74, 6) is 0.382. The Labute approximate surface area is 151 Å². The zero-order valence-corrected chi connectivity index (χ0v) is 15.6. The number of carbonyl (C=O) groups is 2. The highest BCUT2D eigenvalue weighted by molar-refractivity contribution is 9.10. The minimum atomic E-state index is 0.0594. The Morgan fingerprint density at radius 2 is 1.75 bits per heavy atom. The number of nitrogens with zero attached hydrogens (tertiary/aromatic N) is 2. The number of amides is 2. The number of halogens is 1. The Balaban J connectivity index is 1.54. The summed E-state index contributed by atoms with van der Waals surface area (Å²) in [5, 5.41) is 3.36. The standard InChI is InChI=1S/C18H24BrN3O2/c1-13-12-22(11-8-20-13)18(24)15-6-9-21(10-7-15)17(23)14-2-4-16(19)5-3-14/h2-5,13,15,20H,6-12H2,1H3/t13-/m0/s1. The fourth-order valence-electron chi connectivity index (χ4n) is 3.50. The first kappa shape index (κ1) is 17.4. The largest absolute Gasteiger partial charge is 0.340 e. The minimum Gasteiger partial charge on any atom is -0.340 e. The lowest BCUT2D eigenvalue weighted by Crippen LogP contribution is -2.54. The molecule has 2 amide bonds. The van der Waals surface area contributed by atoms with Gasteiger partial charge in [-0.05, 0) is 44.0 Å². The summed E-state index contributed by atoms with van der Waals surface area (Å²) in [4.78, 5) is 29.1. The molecular weight excluding hydrogens is 370 g/mol. The van der Waals surface area contributed by atoms with Crippen LogP contribution >= 0.6 is 15.9 Å². The molecule has 1 atom stereocenters. The summed E-state index contributed by atoms with van der Waals surface area (Å²) in [5.41, 5.74) is 0.707. The maximum absolute atomic E-state index is 12.7. The fraction of sp³-hybridized carbons (Fsp3) is 0.556. The molecule has 1 N–H and O–H groups in total. The van der Waals surface area contributed by atoms with Crippen molar-refractivity contribution in [1.82, 2.24) is 15.1 Å². The van der Waals surface area contributed by atoms with Crippen molar-refractivity contribution < 1.29 is 9.59 Å². The van der Waals surface area contributed by atoms with E-state index in [1.165, 1.54) is 0 Å². The quantitative estimate of drug-likeness (QED) is 0.836. The summed E-state index contributed by atoms with van der Waals surface area (Å²) < 4.78 is 0.966. The van der Waals surface area contributed by atoms with Crippen molar-refractivity contribution in [3.8, 4) is 0 Å². The van der Waals surface area contributed by atoms with Crippen LogP contribution in [-0.2, 0) is 4.79 Å². The number of nitrogens with one attached hydrogen (secondary N) is 1. The molecule has 2 aliphatic rings.